The highest BCUT2D eigenvalue weighted by molar-refractivity contribution is 6.31. The molecule has 128 valence electrons. The maximum Gasteiger partial charge on any atom is 0.631 e. The lowest BCUT2D eigenvalue weighted by Crippen LogP contribution is -2.07. The van der Waals surface area contributed by atoms with Gasteiger partial charge in [-0.1, -0.05) is 0 Å². The molecule has 0 saturated heterocycles. The number of hydrogen-bond donors (Lipinski definition) is 16. The van der Waals surface area contributed by atoms with E-state index in [1.807, 2.05) is 0 Å². The van der Waals surface area contributed by atoms with Crippen LogP contribution in [0.25, 0.3) is 0 Å². The Morgan fingerprint density at radius 3 is 0.238 bits per heavy atom. The minimum absolute atomic E-state index is 0. The molecule has 21 heavy (non-hydrogen) atoms. The third-order valence-electron chi connectivity index (χ3n) is 0. The molecule has 0 saturated carbocycles. The summed E-state index contributed by atoms with van der Waals surface area (Å²) in [4.78, 5) is 0. The number of hydrogen-bond acceptors (Lipinski definition) is 16. The Morgan fingerprint density at radius 2 is 0.238 bits per heavy atom. The van der Waals surface area contributed by atoms with E-state index in [2.05, 4.69) is 0 Å². The molecule has 0 fully saturated rings. The van der Waals surface area contributed by atoms with E-state index >= 15 is 0 Å². The predicted octanol–water partition coefficient (Wildman–Crippen LogP) is -10.1. The van der Waals surface area contributed by atoms with Crippen molar-refractivity contribution in [3.05, 3.63) is 0 Å². The Hall–Kier alpha value is -0.315. The zero-order valence-electron chi connectivity index (χ0n) is 10.3. The lowest BCUT2D eigenvalue weighted by atomic mass is 10.3. The summed E-state index contributed by atoms with van der Waals surface area (Å²) in [5, 5.41) is 108. The molecule has 0 bridgehead atoms. The Morgan fingerprint density at radius 1 is 0.238 bits per heavy atom. The van der Waals surface area contributed by atoms with Gasteiger partial charge in [0.05, 0.1) is 0 Å². The molecule has 21 heteroatoms. The summed E-state index contributed by atoms with van der Waals surface area (Å²) in [6.45, 7) is 0. The Kier molecular flexibility index (Phi) is 56.4. The minimum Gasteiger partial charge on any atom is -0.402 e. The van der Waals surface area contributed by atoms with Crippen LogP contribution >= 0.6 is 0 Å². The van der Waals surface area contributed by atoms with Crippen LogP contribution < -0.4 is 6.15 Å². The predicted molar refractivity (Wildman–Crippen MR) is 67.1 cm³/mol. The fourth-order valence-electron chi connectivity index (χ4n) is 0. The summed E-state index contributed by atoms with van der Waals surface area (Å²) in [7, 11) is -10.8. The molecule has 0 atom stereocenters. The molecule has 0 radical (unpaired) electrons. The van der Waals surface area contributed by atoms with Crippen molar-refractivity contribution in [2.24, 2.45) is 0 Å². The summed E-state index contributed by atoms with van der Waals surface area (Å²) < 4.78 is 0. The maximum atomic E-state index is 7.17. The summed E-state index contributed by atoms with van der Waals surface area (Å²) in [5.41, 5.74) is 0. The first-order valence-electron chi connectivity index (χ1n) is 3.87. The lowest BCUT2D eigenvalue weighted by Gasteiger charge is -1.69. The third-order valence-corrected chi connectivity index (χ3v) is 0. The fraction of sp³-hybridized carbons (Fsp3) is 0. The second-order valence-corrected chi connectivity index (χ2v) is 1.73. The van der Waals surface area contributed by atoms with Gasteiger partial charge in [-0.15, -0.1) is 0 Å². The van der Waals surface area contributed by atoms with Gasteiger partial charge in [-0.3, -0.25) is 0 Å². The van der Waals surface area contributed by atoms with E-state index in [0.717, 1.165) is 0 Å². The van der Waals surface area contributed by atoms with Crippen LogP contribution in [0.1, 0.15) is 0 Å². The topological polar surface area (TPSA) is 338 Å². The first-order valence-corrected chi connectivity index (χ1v) is 3.87. The molecule has 0 heterocycles. The summed E-state index contributed by atoms with van der Waals surface area (Å²) >= 11 is 0. The second-order valence-electron chi connectivity index (χ2n) is 1.73. The van der Waals surface area contributed by atoms with Crippen LogP contribution in [0, 0.1) is 0 Å². The van der Waals surface area contributed by atoms with Crippen molar-refractivity contribution >= 4 is 36.6 Å². The Labute approximate surface area is 119 Å². The Bertz CT molecular complexity index is 80.6. The van der Waals surface area contributed by atoms with Gasteiger partial charge in [-0.25, -0.2) is 0 Å². The average molecular weight is 326 g/mol. The monoisotopic (exact) mass is 327 g/mol. The van der Waals surface area contributed by atoms with Gasteiger partial charge in [-0.05, 0) is 0 Å². The molecule has 0 aromatic rings. The van der Waals surface area contributed by atoms with Crippen LogP contribution in [-0.4, -0.2) is 112 Å². The van der Waals surface area contributed by atoms with E-state index in [0.29, 0.717) is 0 Å². The number of rotatable bonds is 0. The fourth-order valence-corrected chi connectivity index (χ4v) is 0. The molecule has 0 aliphatic carbocycles. The standard InChI is InChI=1S/5BH3O3.H3N/c5*2-1(3)4;/h5*2-4H;1H3. The van der Waals surface area contributed by atoms with Crippen LogP contribution in [0.15, 0.2) is 0 Å². The molecule has 0 aliphatic heterocycles. The van der Waals surface area contributed by atoms with Crippen LogP contribution in [0.3, 0.4) is 0 Å². The zero-order valence-corrected chi connectivity index (χ0v) is 10.3. The van der Waals surface area contributed by atoms with Gasteiger partial charge in [-0.2, -0.15) is 0 Å². The molecule has 0 rings (SSSR count). The van der Waals surface area contributed by atoms with Gasteiger partial charge < -0.3 is 81.5 Å². The first kappa shape index (κ1) is 37.2. The molecule has 0 amide bonds. The summed E-state index contributed by atoms with van der Waals surface area (Å²) in [5.74, 6) is 0. The second kappa shape index (κ2) is 31.9. The van der Waals surface area contributed by atoms with Gasteiger partial charge >= 0.3 is 36.6 Å². The van der Waals surface area contributed by atoms with Gasteiger partial charge in [0.1, 0.15) is 0 Å². The average Bonchev–Trinajstić information content (AvgIpc) is 1.94. The van der Waals surface area contributed by atoms with Crippen molar-refractivity contribution in [3.63, 3.8) is 0 Å². The first-order chi connectivity index (χ1) is 8.66. The van der Waals surface area contributed by atoms with E-state index in [-0.39, 0.29) is 6.15 Å². The largest absolute Gasteiger partial charge is 0.631 e. The molecular formula is H18B5NO15. The van der Waals surface area contributed by atoms with Crippen LogP contribution in [-0.2, 0) is 0 Å². The van der Waals surface area contributed by atoms with Crippen LogP contribution in [0.4, 0.5) is 0 Å². The Balaban J connectivity index is -0.0000000331. The SMILES string of the molecule is N.OB(O)O.OB(O)O.OB(O)O.OB(O)O.OB(O)O. The van der Waals surface area contributed by atoms with Gasteiger partial charge in [0.15, 0.2) is 0 Å². The molecule has 0 aromatic heterocycles. The van der Waals surface area contributed by atoms with E-state index in [9.17, 15) is 0 Å². The van der Waals surface area contributed by atoms with E-state index in [1.165, 1.54) is 0 Å². The minimum atomic E-state index is -2.17. The van der Waals surface area contributed by atoms with Crippen molar-refractivity contribution < 1.29 is 75.4 Å². The molecule has 0 aromatic carbocycles. The third kappa shape index (κ3) is 61900. The summed E-state index contributed by atoms with van der Waals surface area (Å²) in [6.07, 6.45) is 0. The molecule has 0 aliphatic rings. The van der Waals surface area contributed by atoms with Crippen molar-refractivity contribution in [2.45, 2.75) is 0 Å². The van der Waals surface area contributed by atoms with Crippen molar-refractivity contribution in [3.8, 4) is 0 Å². The van der Waals surface area contributed by atoms with Crippen molar-refractivity contribution in [1.82, 2.24) is 6.15 Å². The van der Waals surface area contributed by atoms with Gasteiger partial charge in [0, 0.05) is 0 Å². The highest BCUT2D eigenvalue weighted by Crippen LogP contribution is 1.41. The molecule has 16 nitrogen and oxygen atoms in total. The zero-order chi connectivity index (χ0) is 17.9. The van der Waals surface area contributed by atoms with E-state index in [4.69, 9.17) is 75.4 Å². The van der Waals surface area contributed by atoms with Gasteiger partial charge in [0.25, 0.3) is 0 Å². The van der Waals surface area contributed by atoms with Crippen LogP contribution in [0.2, 0.25) is 0 Å². The van der Waals surface area contributed by atoms with E-state index < -0.39 is 36.6 Å². The highest BCUT2D eigenvalue weighted by Gasteiger charge is 1.94. The smallest absolute Gasteiger partial charge is 0.402 e. The molecule has 0 unspecified atom stereocenters. The van der Waals surface area contributed by atoms with Crippen molar-refractivity contribution in [2.75, 3.05) is 0 Å². The van der Waals surface area contributed by atoms with E-state index in [1.54, 1.807) is 0 Å². The van der Waals surface area contributed by atoms with Gasteiger partial charge in [0.2, 0.25) is 0 Å². The lowest BCUT2D eigenvalue weighted by molar-refractivity contribution is 0.276. The molecule has 18 N–H and O–H groups in total. The highest BCUT2D eigenvalue weighted by atomic mass is 16.5. The van der Waals surface area contributed by atoms with Crippen LogP contribution in [0.5, 0.6) is 0 Å². The molecular weight excluding hydrogens is 308 g/mol. The maximum absolute atomic E-state index is 7.17. The normalized spacial score (nSPS) is 6.43. The quantitative estimate of drug-likeness (QED) is 0.183. The molecule has 0 spiro atoms. The van der Waals surface area contributed by atoms with Crippen molar-refractivity contribution in [1.29, 1.82) is 0 Å². The summed E-state index contributed by atoms with van der Waals surface area (Å²) in [6, 6.07) is 0.